The number of amides is 1. The lowest BCUT2D eigenvalue weighted by Crippen LogP contribution is -2.14. The van der Waals surface area contributed by atoms with E-state index < -0.39 is 15.8 Å². The van der Waals surface area contributed by atoms with Crippen molar-refractivity contribution < 1.29 is 17.6 Å². The molecule has 0 bridgehead atoms. The number of anilines is 2. The minimum absolute atomic E-state index is 0.195. The van der Waals surface area contributed by atoms with E-state index in [0.717, 1.165) is 24.3 Å². The van der Waals surface area contributed by atoms with E-state index >= 15 is 0 Å². The van der Waals surface area contributed by atoms with Crippen molar-refractivity contribution in [2.24, 2.45) is 0 Å². The maximum atomic E-state index is 13.6. The van der Waals surface area contributed by atoms with Crippen LogP contribution in [-0.2, 0) is 21.2 Å². The SMILES string of the molecule is CS(=O)(=O)Nc1cc(NC(=O)CCCc2ccccc2)ccc1F. The highest BCUT2D eigenvalue weighted by Gasteiger charge is 2.10. The molecule has 0 unspecified atom stereocenters. The average molecular weight is 350 g/mol. The van der Waals surface area contributed by atoms with E-state index in [-0.39, 0.29) is 11.6 Å². The van der Waals surface area contributed by atoms with Crippen LogP contribution in [0.5, 0.6) is 0 Å². The fourth-order valence-corrected chi connectivity index (χ4v) is 2.76. The number of carbonyl (C=O) groups is 1. The van der Waals surface area contributed by atoms with Gasteiger partial charge < -0.3 is 5.32 Å². The van der Waals surface area contributed by atoms with Crippen molar-refractivity contribution in [3.63, 3.8) is 0 Å². The van der Waals surface area contributed by atoms with E-state index in [9.17, 15) is 17.6 Å². The fourth-order valence-electron chi connectivity index (χ4n) is 2.20. The molecule has 0 fully saturated rings. The van der Waals surface area contributed by atoms with Crippen molar-refractivity contribution in [2.75, 3.05) is 16.3 Å². The minimum Gasteiger partial charge on any atom is -0.326 e. The lowest BCUT2D eigenvalue weighted by Gasteiger charge is -2.09. The van der Waals surface area contributed by atoms with Crippen LogP contribution in [0.3, 0.4) is 0 Å². The molecule has 2 aromatic rings. The molecule has 0 aromatic heterocycles. The predicted octanol–water partition coefficient (Wildman–Crippen LogP) is 3.16. The number of hydrogen-bond donors (Lipinski definition) is 2. The first-order valence-electron chi connectivity index (χ1n) is 7.44. The molecule has 0 aliphatic rings. The van der Waals surface area contributed by atoms with Crippen LogP contribution in [0.2, 0.25) is 0 Å². The summed E-state index contributed by atoms with van der Waals surface area (Å²) in [7, 11) is -3.59. The summed E-state index contributed by atoms with van der Waals surface area (Å²) in [5.74, 6) is -0.912. The molecule has 0 aliphatic carbocycles. The molecule has 2 aromatic carbocycles. The Kier molecular flexibility index (Phi) is 5.92. The van der Waals surface area contributed by atoms with E-state index in [4.69, 9.17) is 0 Å². The molecule has 0 heterocycles. The maximum Gasteiger partial charge on any atom is 0.229 e. The van der Waals surface area contributed by atoms with Crippen LogP contribution in [0.15, 0.2) is 48.5 Å². The lowest BCUT2D eigenvalue weighted by molar-refractivity contribution is -0.116. The van der Waals surface area contributed by atoms with Crippen molar-refractivity contribution in [3.05, 3.63) is 59.9 Å². The van der Waals surface area contributed by atoms with Gasteiger partial charge in [0.2, 0.25) is 15.9 Å². The fraction of sp³-hybridized carbons (Fsp3) is 0.235. The van der Waals surface area contributed by atoms with Gasteiger partial charge in [-0.3, -0.25) is 9.52 Å². The van der Waals surface area contributed by atoms with Gasteiger partial charge in [0.05, 0.1) is 11.9 Å². The molecule has 5 nitrogen and oxygen atoms in total. The molecule has 0 spiro atoms. The second kappa shape index (κ2) is 7.92. The smallest absolute Gasteiger partial charge is 0.229 e. The highest BCUT2D eigenvalue weighted by Crippen LogP contribution is 2.20. The standard InChI is InChI=1S/C17H19FN2O3S/c1-24(22,23)20-16-12-14(10-11-15(16)18)19-17(21)9-5-8-13-6-3-2-4-7-13/h2-4,6-7,10-12,20H,5,8-9H2,1H3,(H,19,21). The zero-order chi connectivity index (χ0) is 17.6. The highest BCUT2D eigenvalue weighted by atomic mass is 32.2. The lowest BCUT2D eigenvalue weighted by atomic mass is 10.1. The number of carbonyl (C=O) groups excluding carboxylic acids is 1. The topological polar surface area (TPSA) is 75.3 Å². The van der Waals surface area contributed by atoms with Gasteiger partial charge in [-0.15, -0.1) is 0 Å². The Bertz CT molecular complexity index is 808. The molecule has 0 aliphatic heterocycles. The molecule has 0 saturated carbocycles. The maximum absolute atomic E-state index is 13.6. The van der Waals surface area contributed by atoms with Gasteiger partial charge in [-0.2, -0.15) is 0 Å². The van der Waals surface area contributed by atoms with Gasteiger partial charge in [0.15, 0.2) is 0 Å². The molecule has 2 N–H and O–H groups in total. The summed E-state index contributed by atoms with van der Waals surface area (Å²) in [6.07, 6.45) is 2.73. The Hall–Kier alpha value is -2.41. The number of halogens is 1. The van der Waals surface area contributed by atoms with Gasteiger partial charge in [0.1, 0.15) is 5.82 Å². The molecule has 0 atom stereocenters. The summed E-state index contributed by atoms with van der Waals surface area (Å²) in [6, 6.07) is 13.6. The van der Waals surface area contributed by atoms with E-state index in [1.54, 1.807) is 0 Å². The van der Waals surface area contributed by atoms with Crippen molar-refractivity contribution in [2.45, 2.75) is 19.3 Å². The summed E-state index contributed by atoms with van der Waals surface area (Å²) in [5, 5.41) is 2.64. The summed E-state index contributed by atoms with van der Waals surface area (Å²) in [5.41, 5.74) is 1.30. The Morgan fingerprint density at radius 2 is 1.83 bits per heavy atom. The molecule has 2 rings (SSSR count). The molecule has 24 heavy (non-hydrogen) atoms. The Balaban J connectivity index is 1.90. The number of hydrogen-bond acceptors (Lipinski definition) is 3. The van der Waals surface area contributed by atoms with Crippen molar-refractivity contribution in [3.8, 4) is 0 Å². The molecular weight excluding hydrogens is 331 g/mol. The monoisotopic (exact) mass is 350 g/mol. The van der Waals surface area contributed by atoms with E-state index in [0.29, 0.717) is 18.5 Å². The van der Waals surface area contributed by atoms with Gasteiger partial charge >= 0.3 is 0 Å². The Labute approximate surface area is 141 Å². The van der Waals surface area contributed by atoms with E-state index in [1.807, 2.05) is 30.3 Å². The highest BCUT2D eigenvalue weighted by molar-refractivity contribution is 7.92. The summed E-state index contributed by atoms with van der Waals surface area (Å²) in [6.45, 7) is 0. The molecule has 128 valence electrons. The third-order valence-electron chi connectivity index (χ3n) is 3.26. The third-order valence-corrected chi connectivity index (χ3v) is 3.85. The average Bonchev–Trinajstić information content (AvgIpc) is 2.50. The number of sulfonamides is 1. The van der Waals surface area contributed by atoms with Gasteiger partial charge in [-0.1, -0.05) is 30.3 Å². The van der Waals surface area contributed by atoms with E-state index in [1.165, 1.54) is 12.1 Å². The number of nitrogens with one attached hydrogen (secondary N) is 2. The van der Waals surface area contributed by atoms with Crippen molar-refractivity contribution in [1.82, 2.24) is 0 Å². The number of aryl methyl sites for hydroxylation is 1. The minimum atomic E-state index is -3.59. The van der Waals surface area contributed by atoms with Crippen LogP contribution in [0.1, 0.15) is 18.4 Å². The van der Waals surface area contributed by atoms with Crippen LogP contribution in [-0.4, -0.2) is 20.6 Å². The van der Waals surface area contributed by atoms with Crippen molar-refractivity contribution >= 4 is 27.3 Å². The van der Waals surface area contributed by atoms with Gasteiger partial charge in [0.25, 0.3) is 0 Å². The third kappa shape index (κ3) is 6.00. The molecule has 7 heteroatoms. The Morgan fingerprint density at radius 1 is 1.12 bits per heavy atom. The molecule has 0 saturated heterocycles. The second-order valence-electron chi connectivity index (χ2n) is 5.46. The van der Waals surface area contributed by atoms with Crippen LogP contribution in [0.25, 0.3) is 0 Å². The Morgan fingerprint density at radius 3 is 2.50 bits per heavy atom. The van der Waals surface area contributed by atoms with Crippen LogP contribution in [0.4, 0.5) is 15.8 Å². The van der Waals surface area contributed by atoms with Gasteiger partial charge in [-0.25, -0.2) is 12.8 Å². The van der Waals surface area contributed by atoms with Crippen LogP contribution < -0.4 is 10.0 Å². The number of rotatable bonds is 7. The molecule has 1 amide bonds. The quantitative estimate of drug-likeness (QED) is 0.805. The van der Waals surface area contributed by atoms with E-state index in [2.05, 4.69) is 10.0 Å². The number of benzene rings is 2. The van der Waals surface area contributed by atoms with Gasteiger partial charge in [0, 0.05) is 12.1 Å². The molecular formula is C17H19FN2O3S. The summed E-state index contributed by atoms with van der Waals surface area (Å²) in [4.78, 5) is 11.9. The first-order valence-corrected chi connectivity index (χ1v) is 9.34. The second-order valence-corrected chi connectivity index (χ2v) is 7.20. The zero-order valence-electron chi connectivity index (χ0n) is 13.3. The predicted molar refractivity (Wildman–Crippen MR) is 92.9 cm³/mol. The zero-order valence-corrected chi connectivity index (χ0v) is 14.1. The largest absolute Gasteiger partial charge is 0.326 e. The first-order chi connectivity index (χ1) is 11.3. The van der Waals surface area contributed by atoms with Crippen molar-refractivity contribution in [1.29, 1.82) is 0 Å². The summed E-state index contributed by atoms with van der Waals surface area (Å²) < 4.78 is 38.1. The van der Waals surface area contributed by atoms with Gasteiger partial charge in [-0.05, 0) is 36.6 Å². The van der Waals surface area contributed by atoms with Crippen LogP contribution >= 0.6 is 0 Å². The molecule has 0 radical (unpaired) electrons. The first kappa shape index (κ1) is 17.9. The summed E-state index contributed by atoms with van der Waals surface area (Å²) >= 11 is 0. The normalized spacial score (nSPS) is 11.1. The van der Waals surface area contributed by atoms with Crippen LogP contribution in [0, 0.1) is 5.82 Å².